The molecule has 7 nitrogen and oxygen atoms in total. The van der Waals surface area contributed by atoms with E-state index >= 15 is 0 Å². The van der Waals surface area contributed by atoms with Gasteiger partial charge in [0.1, 0.15) is 23.5 Å². The molecule has 0 aliphatic carbocycles. The summed E-state index contributed by atoms with van der Waals surface area (Å²) in [7, 11) is 5.11. The van der Waals surface area contributed by atoms with Gasteiger partial charge in [-0.2, -0.15) is 0 Å². The highest BCUT2D eigenvalue weighted by atomic mass is 16.5. The second-order valence-corrected chi connectivity index (χ2v) is 5.55. The number of anilines is 5. The van der Waals surface area contributed by atoms with E-state index in [9.17, 15) is 0 Å². The molecule has 0 radical (unpaired) electrons. The summed E-state index contributed by atoms with van der Waals surface area (Å²) >= 11 is 0. The van der Waals surface area contributed by atoms with E-state index in [-0.39, 0.29) is 0 Å². The predicted molar refractivity (Wildman–Crippen MR) is 104 cm³/mol. The van der Waals surface area contributed by atoms with Crippen molar-refractivity contribution in [2.24, 2.45) is 0 Å². The number of aromatic nitrogens is 2. The van der Waals surface area contributed by atoms with Crippen LogP contribution in [0.3, 0.4) is 0 Å². The Balaban J connectivity index is 1.93. The van der Waals surface area contributed by atoms with Gasteiger partial charge in [0.15, 0.2) is 11.6 Å². The van der Waals surface area contributed by atoms with E-state index in [0.717, 1.165) is 11.4 Å². The van der Waals surface area contributed by atoms with Crippen LogP contribution in [0.25, 0.3) is 0 Å². The van der Waals surface area contributed by atoms with E-state index in [4.69, 9.17) is 15.2 Å². The van der Waals surface area contributed by atoms with Crippen molar-refractivity contribution in [2.45, 2.75) is 0 Å². The number of nitrogens with zero attached hydrogens (tertiary/aromatic N) is 3. The Hall–Kier alpha value is -3.48. The average Bonchev–Trinajstić information content (AvgIpc) is 2.70. The first kappa shape index (κ1) is 17.3. The first-order valence-corrected chi connectivity index (χ1v) is 8.02. The van der Waals surface area contributed by atoms with Crippen LogP contribution in [0, 0.1) is 0 Å². The smallest absolute Gasteiger partial charge is 0.161 e. The lowest BCUT2D eigenvalue weighted by Gasteiger charge is -2.21. The van der Waals surface area contributed by atoms with Crippen molar-refractivity contribution in [3.63, 3.8) is 0 Å². The lowest BCUT2D eigenvalue weighted by Crippen LogP contribution is -2.15. The Morgan fingerprint density at radius 2 is 1.77 bits per heavy atom. The summed E-state index contributed by atoms with van der Waals surface area (Å²) in [4.78, 5) is 10.5. The maximum absolute atomic E-state index is 6.32. The summed E-state index contributed by atoms with van der Waals surface area (Å²) < 4.78 is 10.6. The monoisotopic (exact) mass is 351 g/mol. The number of nitrogens with one attached hydrogen (secondary N) is 1. The summed E-state index contributed by atoms with van der Waals surface area (Å²) in [6.45, 7) is 0. The molecular formula is C19H21N5O2. The van der Waals surface area contributed by atoms with Crippen LogP contribution in [0.5, 0.6) is 11.5 Å². The van der Waals surface area contributed by atoms with Crippen molar-refractivity contribution >= 4 is 28.7 Å². The third kappa shape index (κ3) is 3.46. The quantitative estimate of drug-likeness (QED) is 0.702. The molecule has 1 heterocycles. The second kappa shape index (κ2) is 7.60. The Kier molecular flexibility index (Phi) is 5.07. The van der Waals surface area contributed by atoms with Gasteiger partial charge >= 0.3 is 0 Å². The maximum Gasteiger partial charge on any atom is 0.161 e. The molecule has 0 saturated carbocycles. The van der Waals surface area contributed by atoms with Gasteiger partial charge in [-0.05, 0) is 24.3 Å². The van der Waals surface area contributed by atoms with Crippen LogP contribution in [-0.2, 0) is 0 Å². The van der Waals surface area contributed by atoms with Crippen LogP contribution in [0.1, 0.15) is 0 Å². The zero-order chi connectivity index (χ0) is 18.5. The summed E-state index contributed by atoms with van der Waals surface area (Å²) in [6, 6.07) is 15.3. The molecule has 0 unspecified atom stereocenters. The predicted octanol–water partition coefficient (Wildman–Crippen LogP) is 3.59. The van der Waals surface area contributed by atoms with E-state index in [1.807, 2.05) is 54.4 Å². The third-order valence-corrected chi connectivity index (χ3v) is 3.99. The van der Waals surface area contributed by atoms with Crippen LogP contribution in [0.2, 0.25) is 0 Å². The molecule has 0 bridgehead atoms. The summed E-state index contributed by atoms with van der Waals surface area (Å²) in [5, 5.41) is 3.21. The highest BCUT2D eigenvalue weighted by molar-refractivity contribution is 5.82. The van der Waals surface area contributed by atoms with Crippen molar-refractivity contribution in [1.82, 2.24) is 9.97 Å². The molecule has 3 aromatic rings. The number of hydrogen-bond acceptors (Lipinski definition) is 7. The van der Waals surface area contributed by atoms with E-state index in [0.29, 0.717) is 28.8 Å². The molecule has 7 heteroatoms. The molecule has 3 rings (SSSR count). The number of methoxy groups -OCH3 is 2. The van der Waals surface area contributed by atoms with Crippen LogP contribution in [-0.4, -0.2) is 31.2 Å². The van der Waals surface area contributed by atoms with Crippen LogP contribution in [0.15, 0.2) is 54.9 Å². The van der Waals surface area contributed by atoms with Gasteiger partial charge in [-0.1, -0.05) is 18.2 Å². The molecule has 1 aromatic heterocycles. The molecule has 0 amide bonds. The molecule has 3 N–H and O–H groups in total. The fraction of sp³-hybridized carbons (Fsp3) is 0.158. The number of ether oxygens (including phenoxy) is 2. The van der Waals surface area contributed by atoms with Gasteiger partial charge < -0.3 is 25.4 Å². The lowest BCUT2D eigenvalue weighted by molar-refractivity contribution is 0.395. The molecule has 0 aliphatic heterocycles. The fourth-order valence-electron chi connectivity index (χ4n) is 2.56. The standard InChI is InChI=1S/C19H21N5O2/c1-24(13-7-5-4-6-8-13)19-17(20)18(21-12-22-19)23-15-10-9-14(25-2)11-16(15)26-3/h4-12H,20H2,1-3H3,(H,21,22,23). The fourth-order valence-corrected chi connectivity index (χ4v) is 2.56. The van der Waals surface area contributed by atoms with Gasteiger partial charge in [-0.3, -0.25) is 0 Å². The minimum atomic E-state index is 0.441. The number of rotatable bonds is 6. The van der Waals surface area contributed by atoms with E-state index < -0.39 is 0 Å². The lowest BCUT2D eigenvalue weighted by atomic mass is 10.2. The third-order valence-electron chi connectivity index (χ3n) is 3.99. The van der Waals surface area contributed by atoms with Crippen molar-refractivity contribution in [3.8, 4) is 11.5 Å². The summed E-state index contributed by atoms with van der Waals surface area (Å²) in [5.41, 5.74) is 8.47. The molecule has 0 fully saturated rings. The number of nitrogen functional groups attached to an aromatic ring is 1. The van der Waals surface area contributed by atoms with Gasteiger partial charge in [0.25, 0.3) is 0 Å². The number of para-hydroxylation sites is 1. The molecule has 134 valence electrons. The van der Waals surface area contributed by atoms with Crippen molar-refractivity contribution in [2.75, 3.05) is 37.2 Å². The zero-order valence-corrected chi connectivity index (χ0v) is 14.9. The molecular weight excluding hydrogens is 330 g/mol. The second-order valence-electron chi connectivity index (χ2n) is 5.55. The van der Waals surface area contributed by atoms with Crippen LogP contribution >= 0.6 is 0 Å². The minimum absolute atomic E-state index is 0.441. The molecule has 0 spiro atoms. The van der Waals surface area contributed by atoms with Gasteiger partial charge in [-0.25, -0.2) is 9.97 Å². The average molecular weight is 351 g/mol. The highest BCUT2D eigenvalue weighted by Gasteiger charge is 2.15. The van der Waals surface area contributed by atoms with Gasteiger partial charge in [0.05, 0.1) is 19.9 Å². The van der Waals surface area contributed by atoms with Gasteiger partial charge in [0.2, 0.25) is 0 Å². The SMILES string of the molecule is COc1ccc(Nc2ncnc(N(C)c3ccccc3)c2N)c(OC)c1. The van der Waals surface area contributed by atoms with Gasteiger partial charge in [-0.15, -0.1) is 0 Å². The summed E-state index contributed by atoms with van der Waals surface area (Å²) in [6.07, 6.45) is 1.48. The molecule has 0 aliphatic rings. The summed E-state index contributed by atoms with van der Waals surface area (Å²) in [5.74, 6) is 2.44. The zero-order valence-electron chi connectivity index (χ0n) is 14.9. The number of nitrogens with two attached hydrogens (primary N) is 1. The van der Waals surface area contributed by atoms with Crippen molar-refractivity contribution < 1.29 is 9.47 Å². The van der Waals surface area contributed by atoms with Crippen molar-refractivity contribution in [3.05, 3.63) is 54.9 Å². The topological polar surface area (TPSA) is 85.5 Å². The largest absolute Gasteiger partial charge is 0.497 e. The Morgan fingerprint density at radius 3 is 2.46 bits per heavy atom. The van der Waals surface area contributed by atoms with Gasteiger partial charge in [0, 0.05) is 18.8 Å². The Bertz CT molecular complexity index is 886. The first-order chi connectivity index (χ1) is 12.6. The first-order valence-electron chi connectivity index (χ1n) is 8.02. The van der Waals surface area contributed by atoms with E-state index in [2.05, 4.69) is 15.3 Å². The van der Waals surface area contributed by atoms with Crippen LogP contribution in [0.4, 0.5) is 28.7 Å². The van der Waals surface area contributed by atoms with Crippen LogP contribution < -0.4 is 25.4 Å². The van der Waals surface area contributed by atoms with Crippen molar-refractivity contribution in [1.29, 1.82) is 0 Å². The normalized spacial score (nSPS) is 10.3. The Morgan fingerprint density at radius 1 is 1.00 bits per heavy atom. The molecule has 26 heavy (non-hydrogen) atoms. The molecule has 0 saturated heterocycles. The van der Waals surface area contributed by atoms with E-state index in [1.54, 1.807) is 20.3 Å². The maximum atomic E-state index is 6.32. The highest BCUT2D eigenvalue weighted by Crippen LogP contribution is 2.35. The molecule has 0 atom stereocenters. The Labute approximate surface area is 152 Å². The molecule has 2 aromatic carbocycles. The number of benzene rings is 2. The minimum Gasteiger partial charge on any atom is -0.497 e. The number of hydrogen-bond donors (Lipinski definition) is 2. The van der Waals surface area contributed by atoms with E-state index in [1.165, 1.54) is 6.33 Å².